The number of hydrogen-bond donors (Lipinski definition) is 2. The van der Waals surface area contributed by atoms with Gasteiger partial charge in [-0.15, -0.1) is 0 Å². The summed E-state index contributed by atoms with van der Waals surface area (Å²) in [4.78, 5) is 93.6. The minimum atomic E-state index is -4.00. The molecule has 0 radical (unpaired) electrons. The number of hydrogen-bond acceptors (Lipinski definition) is 26. The first kappa shape index (κ1) is 84.5. The summed E-state index contributed by atoms with van der Waals surface area (Å²) in [6, 6.07) is 18.0. The maximum Gasteiger partial charge on any atom is 0.320 e. The fourth-order valence-corrected chi connectivity index (χ4v) is 18.2. The summed E-state index contributed by atoms with van der Waals surface area (Å²) in [5.74, 6) is -2.45. The van der Waals surface area contributed by atoms with Crippen LogP contribution in [0.4, 0.5) is 0 Å². The van der Waals surface area contributed by atoms with E-state index in [0.717, 1.165) is 51.4 Å². The van der Waals surface area contributed by atoms with Gasteiger partial charge in [0.15, 0.2) is 62.6 Å². The molecule has 8 bridgehead atoms. The molecule has 0 atom stereocenters. The number of fused-ring (bicyclic) bond motifs is 20. The lowest BCUT2D eigenvalue weighted by Crippen LogP contribution is -2.28. The summed E-state index contributed by atoms with van der Waals surface area (Å²) in [6.07, 6.45) is 11.3. The highest BCUT2D eigenvalue weighted by molar-refractivity contribution is 7.92. The van der Waals surface area contributed by atoms with Gasteiger partial charge < -0.3 is 28.9 Å². The Morgan fingerprint density at radius 3 is 0.982 bits per heavy atom. The predicted molar refractivity (Wildman–Crippen MR) is 419 cm³/mol. The van der Waals surface area contributed by atoms with Crippen molar-refractivity contribution >= 4 is 107 Å². The molecule has 7 aromatic rings. The lowest BCUT2D eigenvalue weighted by Gasteiger charge is -2.15. The number of H-pyrrole nitrogens is 2. The number of unbranched alkanes of at least 4 members (excludes halogenated alkanes) is 9. The van der Waals surface area contributed by atoms with Gasteiger partial charge >= 0.3 is 23.9 Å². The Balaban J connectivity index is 1.15. The minimum absolute atomic E-state index is 0.00234. The van der Waals surface area contributed by atoms with E-state index in [9.17, 15) is 52.8 Å². The third-order valence-corrected chi connectivity index (χ3v) is 25.9. The highest BCUT2D eigenvalue weighted by atomic mass is 32.2. The molecular weight excluding hydrogens is 1480 g/mol. The molecule has 0 amide bonds. The number of aromatic amines is 2. The summed E-state index contributed by atoms with van der Waals surface area (Å²) in [5.41, 5.74) is 1.59. The average molecular weight is 1580 g/mol. The SMILES string of the molecule is C=CCOC(=O)CN(C)CCCCS(=O)(=O)c1ccc2c3nc4nc(nc5[nH]c(nc6nc(nc([nH]3)c2c1)-c1cc(S(=O)(=O)CCCCN(C)CC(=O)OCCCC)ccc1-6)c1ccc(S(=O)(=O)CCCCN(C)CC(=O)OCCCCC)cc51)-c1cc(S(=O)(=O)CCCCN(C)CC(=O)OCCCCC)ccc1-4. The molecule has 590 valence electrons. The molecule has 0 spiro atoms. The van der Waals surface area contributed by atoms with Gasteiger partial charge in [0, 0.05) is 43.8 Å². The molecule has 0 saturated heterocycles. The van der Waals surface area contributed by atoms with Gasteiger partial charge in [0.05, 0.1) is 88.6 Å². The molecule has 0 fully saturated rings. The van der Waals surface area contributed by atoms with Gasteiger partial charge in [-0.3, -0.25) is 38.8 Å². The van der Waals surface area contributed by atoms with E-state index in [1.807, 2.05) is 6.92 Å². The first-order valence-electron chi connectivity index (χ1n) is 37.4. The second-order valence-corrected chi connectivity index (χ2v) is 36.3. The van der Waals surface area contributed by atoms with Crippen LogP contribution in [0.2, 0.25) is 0 Å². The average Bonchev–Trinajstić information content (AvgIpc) is 1.60. The van der Waals surface area contributed by atoms with Crippen molar-refractivity contribution in [2.45, 2.75) is 143 Å². The lowest BCUT2D eigenvalue weighted by molar-refractivity contribution is -0.145. The van der Waals surface area contributed by atoms with E-state index in [-0.39, 0.29) is 187 Å². The molecule has 2 aliphatic rings. The quantitative estimate of drug-likeness (QED) is 0.0155. The molecule has 2 aliphatic heterocycles. The predicted octanol–water partition coefficient (Wildman–Crippen LogP) is 10.4. The number of aromatic nitrogens is 8. The zero-order valence-corrected chi connectivity index (χ0v) is 66.7. The third kappa shape index (κ3) is 23.5. The molecule has 4 aromatic carbocycles. The molecule has 9 rings (SSSR count). The second-order valence-electron chi connectivity index (χ2n) is 27.9. The monoisotopic (exact) mass is 1580 g/mol. The largest absolute Gasteiger partial charge is 0.465 e. The first-order valence-corrected chi connectivity index (χ1v) is 44.0. The molecule has 5 heterocycles. The van der Waals surface area contributed by atoms with Gasteiger partial charge in [-0.25, -0.2) is 63.6 Å². The van der Waals surface area contributed by atoms with Crippen molar-refractivity contribution in [1.82, 2.24) is 59.5 Å². The van der Waals surface area contributed by atoms with Crippen molar-refractivity contribution in [3.05, 3.63) is 85.5 Å². The maximum absolute atomic E-state index is 14.5. The van der Waals surface area contributed by atoms with Gasteiger partial charge in [-0.2, -0.15) is 0 Å². The fraction of sp³-hybridized carbons (Fsp3) is 0.506. The Bertz CT molecular complexity index is 5070. The number of esters is 4. The Morgan fingerprint density at radius 2 is 0.651 bits per heavy atom. The number of likely N-dealkylation sites (N-methyl/N-ethyl adjacent to an activating group) is 4. The second kappa shape index (κ2) is 39.4. The van der Waals surface area contributed by atoms with Crippen LogP contribution in [-0.4, -0.2) is 247 Å². The molecule has 109 heavy (non-hydrogen) atoms. The van der Waals surface area contributed by atoms with Crippen molar-refractivity contribution < 1.29 is 71.8 Å². The van der Waals surface area contributed by atoms with Gasteiger partial charge in [0.25, 0.3) is 0 Å². The number of nitrogens with one attached hydrogen (secondary N) is 2. The van der Waals surface area contributed by atoms with Crippen LogP contribution in [0.1, 0.15) is 124 Å². The van der Waals surface area contributed by atoms with E-state index < -0.39 is 45.3 Å². The van der Waals surface area contributed by atoms with Crippen LogP contribution in [0.25, 0.3) is 89.7 Å². The first-order chi connectivity index (χ1) is 52.1. The number of rotatable bonds is 45. The summed E-state index contributed by atoms with van der Waals surface area (Å²) in [6.45, 7) is 12.6. The Kier molecular flexibility index (Phi) is 30.6. The van der Waals surface area contributed by atoms with E-state index >= 15 is 0 Å². The highest BCUT2D eigenvalue weighted by Crippen LogP contribution is 2.40. The van der Waals surface area contributed by atoms with Gasteiger partial charge in [-0.05, 0) is 198 Å². The van der Waals surface area contributed by atoms with E-state index in [1.54, 1.807) is 72.1 Å². The zero-order chi connectivity index (χ0) is 78.5. The third-order valence-electron chi connectivity index (χ3n) is 18.7. The highest BCUT2D eigenvalue weighted by Gasteiger charge is 2.29. The van der Waals surface area contributed by atoms with E-state index in [4.69, 9.17) is 48.9 Å². The Labute approximate surface area is 638 Å². The molecule has 0 unspecified atom stereocenters. The van der Waals surface area contributed by atoms with Crippen LogP contribution in [-0.2, 0) is 77.5 Å². The standard InChI is InChI=1S/C77H102N12O16S4/c1-9-13-20-40-104-68(92)52-88(7)36-18-24-44-108(98,99)56-28-32-60-64(48-56)76-82-72(60)78-70-58-30-26-54(106(94,95)42-22-16-34-86(5)50-66(90)102-38-12-4)46-62(58)74(80-70)84-75-63-47-55(107(96,97)43-23-17-35-87(6)51-67(91)103-39-15-11-3)27-31-59(63)71(81-75)79-73-61-33-29-57(49-65(61)77(83-73)85-76)109(100,101)45-25-19-37-89(8)53-69(93)105-41-21-14-10-2/h12,26-33,46-49H,4,9-11,13-25,34-45,50-53H2,1-3,5-8H3,(H2,78,79,80,81,82,83,84,85). The maximum atomic E-state index is 14.5. The van der Waals surface area contributed by atoms with Crippen molar-refractivity contribution in [1.29, 1.82) is 0 Å². The van der Waals surface area contributed by atoms with Gasteiger partial charge in [0.2, 0.25) is 0 Å². The zero-order valence-electron chi connectivity index (χ0n) is 63.5. The van der Waals surface area contributed by atoms with Gasteiger partial charge in [-0.1, -0.05) is 65.5 Å². The van der Waals surface area contributed by atoms with Crippen LogP contribution in [0.3, 0.4) is 0 Å². The molecule has 0 aliphatic carbocycles. The van der Waals surface area contributed by atoms with Crippen LogP contribution < -0.4 is 0 Å². The molecule has 3 aromatic heterocycles. The van der Waals surface area contributed by atoms with Crippen LogP contribution in [0.5, 0.6) is 0 Å². The molecular formula is C77H102N12O16S4. The summed E-state index contributed by atoms with van der Waals surface area (Å²) in [5, 5.41) is 1.30. The number of benzene rings is 4. The van der Waals surface area contributed by atoms with Crippen molar-refractivity contribution in [3.63, 3.8) is 0 Å². The van der Waals surface area contributed by atoms with E-state index in [2.05, 4.69) is 30.4 Å². The summed E-state index contributed by atoms with van der Waals surface area (Å²) in [7, 11) is -8.97. The normalized spacial score (nSPS) is 12.5. The number of carbonyl (C=O) groups excluding carboxylic acids is 4. The van der Waals surface area contributed by atoms with Crippen LogP contribution >= 0.6 is 0 Å². The van der Waals surface area contributed by atoms with Crippen molar-refractivity contribution in [2.75, 3.05) is 130 Å². The molecule has 32 heteroatoms. The van der Waals surface area contributed by atoms with E-state index in [0.29, 0.717) is 93.6 Å². The summed E-state index contributed by atoms with van der Waals surface area (Å²) >= 11 is 0. The summed E-state index contributed by atoms with van der Waals surface area (Å²) < 4.78 is 137. The number of sulfone groups is 4. The lowest BCUT2D eigenvalue weighted by atomic mass is 10.1. The van der Waals surface area contributed by atoms with Crippen LogP contribution in [0, 0.1) is 0 Å². The molecule has 28 nitrogen and oxygen atoms in total. The fourth-order valence-electron chi connectivity index (χ4n) is 12.6. The van der Waals surface area contributed by atoms with Crippen molar-refractivity contribution in [2.24, 2.45) is 0 Å². The number of nitrogens with zero attached hydrogens (tertiary/aromatic N) is 10. The Hall–Kier alpha value is -8.50. The molecule has 2 N–H and O–H groups in total. The van der Waals surface area contributed by atoms with Crippen LogP contribution in [0.15, 0.2) is 105 Å². The van der Waals surface area contributed by atoms with Crippen molar-refractivity contribution in [3.8, 4) is 45.6 Å². The van der Waals surface area contributed by atoms with Gasteiger partial charge in [0.1, 0.15) is 29.2 Å². The van der Waals surface area contributed by atoms with E-state index in [1.165, 1.54) is 54.6 Å². The minimum Gasteiger partial charge on any atom is -0.465 e. The smallest absolute Gasteiger partial charge is 0.320 e. The Morgan fingerprint density at radius 1 is 0.358 bits per heavy atom. The number of ether oxygens (including phenoxy) is 4. The topological polar surface area (TPSA) is 364 Å². The number of carbonyl (C=O) groups is 4. The molecule has 0 saturated carbocycles.